The minimum atomic E-state index is -2.05. The number of carbonyl (C=O) groups excluding carboxylic acids is 3. The number of rotatable bonds is 8. The van der Waals surface area contributed by atoms with E-state index in [2.05, 4.69) is 12.6 Å². The van der Waals surface area contributed by atoms with Crippen LogP contribution in [0.15, 0.2) is 56.3 Å². The Morgan fingerprint density at radius 1 is 1.23 bits per heavy atom. The van der Waals surface area contributed by atoms with Gasteiger partial charge in [-0.05, 0) is 38.1 Å². The summed E-state index contributed by atoms with van der Waals surface area (Å²) in [6, 6.07) is 6.65. The highest BCUT2D eigenvalue weighted by Crippen LogP contribution is 2.55. The minimum absolute atomic E-state index is 0.0270. The Labute approximate surface area is 182 Å². The average Bonchev–Trinajstić information content (AvgIpc) is 3.42. The van der Waals surface area contributed by atoms with Gasteiger partial charge in [0.1, 0.15) is 16.3 Å². The molecule has 2 unspecified atom stereocenters. The molecule has 0 aromatic carbocycles. The molecule has 1 aliphatic rings. The number of thioether (sulfide) groups is 1. The molecule has 30 heavy (non-hydrogen) atoms. The molecule has 0 saturated carbocycles. The smallest absolute Gasteiger partial charge is 0.376 e. The quantitative estimate of drug-likeness (QED) is 0.365. The summed E-state index contributed by atoms with van der Waals surface area (Å²) in [5, 5.41) is 0. The summed E-state index contributed by atoms with van der Waals surface area (Å²) < 4.78 is 25.3. The minimum Gasteiger partial charge on any atom is -0.468 e. The molecular weight excluding hydrogens is 432 g/mol. The van der Waals surface area contributed by atoms with Gasteiger partial charge in [0.2, 0.25) is 5.76 Å². The molecule has 0 aliphatic carbocycles. The maximum absolute atomic E-state index is 13.3. The van der Waals surface area contributed by atoms with Gasteiger partial charge in [0.15, 0.2) is 0 Å². The molecule has 3 heterocycles. The van der Waals surface area contributed by atoms with Gasteiger partial charge < -0.3 is 23.0 Å². The zero-order valence-electron chi connectivity index (χ0n) is 16.5. The van der Waals surface area contributed by atoms with E-state index in [9.17, 15) is 14.4 Å². The lowest BCUT2D eigenvalue weighted by Gasteiger charge is -2.39. The van der Waals surface area contributed by atoms with E-state index in [1.807, 2.05) is 0 Å². The number of thiol groups is 1. The highest BCUT2D eigenvalue weighted by molar-refractivity contribution is 8.02. The predicted molar refractivity (Wildman–Crippen MR) is 109 cm³/mol. The van der Waals surface area contributed by atoms with Gasteiger partial charge in [-0.25, -0.2) is 9.59 Å². The average molecular weight is 453 g/mol. The first-order chi connectivity index (χ1) is 14.2. The van der Waals surface area contributed by atoms with Crippen LogP contribution in [0, 0.1) is 0 Å². The molecule has 0 saturated heterocycles. The van der Waals surface area contributed by atoms with Crippen molar-refractivity contribution in [2.75, 3.05) is 6.61 Å². The summed E-state index contributed by atoms with van der Waals surface area (Å²) in [5.74, 6) is -1.91. The summed E-state index contributed by atoms with van der Waals surface area (Å²) in [7, 11) is 0. The SMILES string of the molecule is CCOC(=O)C1(C(C)(S)c2ccco2)OC(=O)C(OC(C)=O)=C1SCc1ccco1. The maximum Gasteiger partial charge on any atom is 0.376 e. The van der Waals surface area contributed by atoms with Crippen LogP contribution in [0.4, 0.5) is 0 Å². The lowest BCUT2D eigenvalue weighted by Crippen LogP contribution is -2.55. The zero-order valence-corrected chi connectivity index (χ0v) is 18.2. The zero-order chi connectivity index (χ0) is 21.9. The molecule has 0 amide bonds. The van der Waals surface area contributed by atoms with Crippen molar-refractivity contribution in [3.8, 4) is 0 Å². The number of furan rings is 2. The van der Waals surface area contributed by atoms with Crippen molar-refractivity contribution in [1.29, 1.82) is 0 Å². The second-order valence-corrected chi connectivity index (χ2v) is 8.34. The molecule has 0 radical (unpaired) electrons. The Morgan fingerprint density at radius 2 is 1.93 bits per heavy atom. The topological polar surface area (TPSA) is 105 Å². The van der Waals surface area contributed by atoms with E-state index < -0.39 is 28.3 Å². The van der Waals surface area contributed by atoms with Crippen LogP contribution >= 0.6 is 24.4 Å². The molecule has 0 fully saturated rings. The first-order valence-corrected chi connectivity index (χ1v) is 10.4. The van der Waals surface area contributed by atoms with Gasteiger partial charge in [0.05, 0.1) is 29.8 Å². The van der Waals surface area contributed by atoms with Crippen LogP contribution in [0.2, 0.25) is 0 Å². The lowest BCUT2D eigenvalue weighted by molar-refractivity contribution is -0.176. The molecule has 160 valence electrons. The summed E-state index contributed by atoms with van der Waals surface area (Å²) in [4.78, 5) is 37.7. The number of cyclic esters (lactones) is 1. The first-order valence-electron chi connectivity index (χ1n) is 8.99. The van der Waals surface area contributed by atoms with Gasteiger partial charge in [-0.3, -0.25) is 4.79 Å². The van der Waals surface area contributed by atoms with E-state index in [4.69, 9.17) is 23.0 Å². The summed E-state index contributed by atoms with van der Waals surface area (Å²) >= 11 is 5.72. The third-order valence-corrected chi connectivity index (χ3v) is 6.12. The second kappa shape index (κ2) is 8.65. The van der Waals surface area contributed by atoms with Crippen LogP contribution in [0.1, 0.15) is 32.3 Å². The molecule has 8 nitrogen and oxygen atoms in total. The fraction of sp³-hybridized carbons (Fsp3) is 0.350. The molecule has 2 atom stereocenters. The third-order valence-electron chi connectivity index (χ3n) is 4.39. The number of hydrogen-bond acceptors (Lipinski definition) is 10. The summed E-state index contributed by atoms with van der Waals surface area (Å²) in [6.07, 6.45) is 2.91. The first kappa shape index (κ1) is 22.1. The van der Waals surface area contributed by atoms with Gasteiger partial charge in [-0.2, -0.15) is 12.6 Å². The van der Waals surface area contributed by atoms with E-state index in [0.29, 0.717) is 5.76 Å². The number of ether oxygens (including phenoxy) is 3. The molecule has 2 aromatic heterocycles. The van der Waals surface area contributed by atoms with E-state index in [1.165, 1.54) is 12.5 Å². The highest BCUT2D eigenvalue weighted by Gasteiger charge is 2.67. The van der Waals surface area contributed by atoms with Crippen LogP contribution in [-0.2, 0) is 39.1 Å². The number of carbonyl (C=O) groups is 3. The van der Waals surface area contributed by atoms with Gasteiger partial charge in [-0.15, -0.1) is 11.8 Å². The molecule has 10 heteroatoms. The van der Waals surface area contributed by atoms with Crippen LogP contribution < -0.4 is 0 Å². The van der Waals surface area contributed by atoms with E-state index >= 15 is 0 Å². The maximum atomic E-state index is 13.3. The van der Waals surface area contributed by atoms with E-state index in [0.717, 1.165) is 18.7 Å². The monoisotopic (exact) mass is 452 g/mol. The Morgan fingerprint density at radius 3 is 2.50 bits per heavy atom. The summed E-state index contributed by atoms with van der Waals surface area (Å²) in [5.41, 5.74) is -2.05. The van der Waals surface area contributed by atoms with Gasteiger partial charge >= 0.3 is 17.9 Å². The second-order valence-electron chi connectivity index (χ2n) is 6.46. The third kappa shape index (κ3) is 3.77. The standard InChI is InChI=1S/C20H20O8S2/c1-4-24-18(23)20(19(3,29)14-8-6-10-26-14)16(30-11-13-7-5-9-25-13)15(17(22)28-20)27-12(2)21/h5-10,29H,4,11H2,1-3H3. The fourth-order valence-corrected chi connectivity index (χ4v) is 4.73. The van der Waals surface area contributed by atoms with Crippen LogP contribution in [0.5, 0.6) is 0 Å². The van der Waals surface area contributed by atoms with Crippen molar-refractivity contribution >= 4 is 42.3 Å². The Balaban J connectivity index is 2.18. The molecule has 0 bridgehead atoms. The van der Waals surface area contributed by atoms with Crippen molar-refractivity contribution in [3.05, 3.63) is 59.0 Å². The molecule has 1 aliphatic heterocycles. The highest BCUT2D eigenvalue weighted by atomic mass is 32.2. The van der Waals surface area contributed by atoms with Crippen molar-refractivity contribution < 1.29 is 37.4 Å². The van der Waals surface area contributed by atoms with Crippen molar-refractivity contribution in [3.63, 3.8) is 0 Å². The Hall–Kier alpha value is -2.59. The van der Waals surface area contributed by atoms with Gasteiger partial charge in [-0.1, -0.05) is 0 Å². The Bertz CT molecular complexity index is 959. The molecular formula is C20H20O8S2. The lowest BCUT2D eigenvalue weighted by atomic mass is 9.85. The predicted octanol–water partition coefficient (Wildman–Crippen LogP) is 3.58. The largest absolute Gasteiger partial charge is 0.468 e. The molecule has 0 spiro atoms. The van der Waals surface area contributed by atoms with Crippen LogP contribution in [0.25, 0.3) is 0 Å². The molecule has 0 N–H and O–H groups in total. The van der Waals surface area contributed by atoms with Crippen LogP contribution in [0.3, 0.4) is 0 Å². The van der Waals surface area contributed by atoms with E-state index in [1.54, 1.807) is 38.1 Å². The normalized spacial score (nSPS) is 20.6. The van der Waals surface area contributed by atoms with Crippen molar-refractivity contribution in [2.45, 2.75) is 36.9 Å². The van der Waals surface area contributed by atoms with Gasteiger partial charge in [0.25, 0.3) is 5.60 Å². The summed E-state index contributed by atoms with van der Waals surface area (Å²) in [6.45, 7) is 4.35. The molecule has 2 aromatic rings. The number of hydrogen-bond donors (Lipinski definition) is 1. The van der Waals surface area contributed by atoms with Crippen LogP contribution in [-0.4, -0.2) is 30.1 Å². The van der Waals surface area contributed by atoms with Gasteiger partial charge in [0, 0.05) is 6.92 Å². The van der Waals surface area contributed by atoms with Crippen molar-refractivity contribution in [2.24, 2.45) is 0 Å². The Kier molecular flexibility index (Phi) is 6.37. The molecule has 3 rings (SSSR count). The van der Waals surface area contributed by atoms with E-state index in [-0.39, 0.29) is 28.8 Å². The van der Waals surface area contributed by atoms with Crippen molar-refractivity contribution in [1.82, 2.24) is 0 Å². The fourth-order valence-electron chi connectivity index (χ4n) is 3.04. The number of esters is 3.